The zero-order valence-corrected chi connectivity index (χ0v) is 9.36. The number of aliphatic imine (C=N–C) groups is 1. The van der Waals surface area contributed by atoms with Crippen LogP contribution in [-0.2, 0) is 4.74 Å². The molecule has 2 unspecified atom stereocenters. The van der Waals surface area contributed by atoms with Crippen LogP contribution in [0, 0.1) is 0 Å². The van der Waals surface area contributed by atoms with Crippen LogP contribution >= 0.6 is 11.8 Å². The van der Waals surface area contributed by atoms with Gasteiger partial charge < -0.3 is 10.1 Å². The first-order chi connectivity index (χ1) is 6.22. The number of rotatable bonds is 4. The maximum Gasteiger partial charge on any atom is 0.156 e. The van der Waals surface area contributed by atoms with Crippen molar-refractivity contribution in [2.24, 2.45) is 4.99 Å². The second-order valence-electron chi connectivity index (χ2n) is 3.27. The standard InChI is InChI=1S/C9H18N2OS/c1-4-12-8(3)5-10-9-11-7(2)6-13-9/h7-8H,4-6H2,1-3H3,(H,10,11). The molecule has 1 rings (SSSR count). The summed E-state index contributed by atoms with van der Waals surface area (Å²) in [5.74, 6) is 1.13. The maximum absolute atomic E-state index is 5.38. The lowest BCUT2D eigenvalue weighted by Gasteiger charge is -2.08. The van der Waals surface area contributed by atoms with Crippen LogP contribution in [0.3, 0.4) is 0 Å². The first-order valence-corrected chi connectivity index (χ1v) is 5.76. The van der Waals surface area contributed by atoms with Crippen molar-refractivity contribution < 1.29 is 4.74 Å². The van der Waals surface area contributed by atoms with E-state index >= 15 is 0 Å². The third kappa shape index (κ3) is 4.00. The minimum atomic E-state index is 0.232. The molecule has 0 aromatic rings. The summed E-state index contributed by atoms with van der Waals surface area (Å²) in [6.45, 7) is 7.76. The first kappa shape index (κ1) is 10.9. The molecule has 1 saturated heterocycles. The van der Waals surface area contributed by atoms with Crippen LogP contribution < -0.4 is 5.32 Å². The quantitative estimate of drug-likeness (QED) is 0.750. The Kier molecular flexibility index (Phi) is 4.59. The number of hydrogen-bond donors (Lipinski definition) is 1. The van der Waals surface area contributed by atoms with Crippen molar-refractivity contribution >= 4 is 16.9 Å². The highest BCUT2D eigenvalue weighted by Gasteiger charge is 2.15. The summed E-state index contributed by atoms with van der Waals surface area (Å²) in [5, 5.41) is 4.38. The summed E-state index contributed by atoms with van der Waals surface area (Å²) in [5.41, 5.74) is 0. The average molecular weight is 202 g/mol. The van der Waals surface area contributed by atoms with Crippen LogP contribution in [0.1, 0.15) is 20.8 Å². The van der Waals surface area contributed by atoms with E-state index in [0.29, 0.717) is 6.04 Å². The SMILES string of the molecule is CCOC(C)CN=C1NC(C)CS1. The number of hydrogen-bond acceptors (Lipinski definition) is 3. The van der Waals surface area contributed by atoms with Crippen LogP contribution in [0.5, 0.6) is 0 Å². The Bertz CT molecular complexity index is 184. The molecule has 13 heavy (non-hydrogen) atoms. The highest BCUT2D eigenvalue weighted by atomic mass is 32.2. The molecule has 0 aromatic heterocycles. The third-order valence-corrected chi connectivity index (χ3v) is 2.97. The summed E-state index contributed by atoms with van der Waals surface area (Å²) >= 11 is 1.79. The first-order valence-electron chi connectivity index (χ1n) is 4.77. The Balaban J connectivity index is 2.23. The van der Waals surface area contributed by atoms with E-state index in [2.05, 4.69) is 24.2 Å². The Morgan fingerprint density at radius 2 is 2.54 bits per heavy atom. The predicted molar refractivity (Wildman–Crippen MR) is 58.4 cm³/mol. The molecule has 1 aliphatic heterocycles. The molecule has 0 bridgehead atoms. The van der Waals surface area contributed by atoms with Gasteiger partial charge in [-0.3, -0.25) is 4.99 Å². The van der Waals surface area contributed by atoms with E-state index < -0.39 is 0 Å². The smallest absolute Gasteiger partial charge is 0.156 e. The van der Waals surface area contributed by atoms with Gasteiger partial charge in [-0.1, -0.05) is 11.8 Å². The Hall–Kier alpha value is -0.220. The van der Waals surface area contributed by atoms with E-state index in [0.717, 1.165) is 24.1 Å². The normalized spacial score (nSPS) is 27.6. The van der Waals surface area contributed by atoms with Crippen LogP contribution in [0.15, 0.2) is 4.99 Å². The van der Waals surface area contributed by atoms with Gasteiger partial charge in [0, 0.05) is 18.4 Å². The molecule has 0 spiro atoms. The van der Waals surface area contributed by atoms with Crippen molar-refractivity contribution in [2.75, 3.05) is 18.9 Å². The molecule has 1 aliphatic rings. The molecular formula is C9H18N2OS. The van der Waals surface area contributed by atoms with Gasteiger partial charge in [0.1, 0.15) is 0 Å². The Morgan fingerprint density at radius 3 is 3.08 bits per heavy atom. The van der Waals surface area contributed by atoms with Gasteiger partial charge in [0.05, 0.1) is 12.6 Å². The largest absolute Gasteiger partial charge is 0.377 e. The molecule has 0 saturated carbocycles. The van der Waals surface area contributed by atoms with E-state index in [-0.39, 0.29) is 6.10 Å². The topological polar surface area (TPSA) is 33.6 Å². The van der Waals surface area contributed by atoms with E-state index in [1.807, 2.05) is 6.92 Å². The van der Waals surface area contributed by atoms with Gasteiger partial charge in [0.15, 0.2) is 5.17 Å². The molecule has 1 fully saturated rings. The van der Waals surface area contributed by atoms with Crippen LogP contribution in [-0.4, -0.2) is 36.2 Å². The molecule has 76 valence electrons. The van der Waals surface area contributed by atoms with E-state index in [4.69, 9.17) is 4.74 Å². The highest BCUT2D eigenvalue weighted by molar-refractivity contribution is 8.14. The Morgan fingerprint density at radius 1 is 1.77 bits per heavy atom. The lowest BCUT2D eigenvalue weighted by atomic mass is 10.4. The summed E-state index contributed by atoms with van der Waals surface area (Å²) in [6.07, 6.45) is 0.232. The predicted octanol–water partition coefficient (Wildman–Crippen LogP) is 1.49. The number of nitrogens with one attached hydrogen (secondary N) is 1. The van der Waals surface area contributed by atoms with E-state index in [9.17, 15) is 0 Å². The second kappa shape index (κ2) is 5.50. The van der Waals surface area contributed by atoms with Gasteiger partial charge in [-0.05, 0) is 20.8 Å². The number of nitrogens with zero attached hydrogens (tertiary/aromatic N) is 1. The minimum Gasteiger partial charge on any atom is -0.377 e. The molecule has 3 nitrogen and oxygen atoms in total. The van der Waals surface area contributed by atoms with Gasteiger partial charge in [-0.15, -0.1) is 0 Å². The summed E-state index contributed by atoms with van der Waals surface area (Å²) in [6, 6.07) is 0.561. The van der Waals surface area contributed by atoms with Gasteiger partial charge in [-0.2, -0.15) is 0 Å². The Labute approximate surface area is 84.3 Å². The van der Waals surface area contributed by atoms with Gasteiger partial charge in [0.25, 0.3) is 0 Å². The molecule has 0 aromatic carbocycles. The fourth-order valence-electron chi connectivity index (χ4n) is 1.14. The van der Waals surface area contributed by atoms with Crippen LogP contribution in [0.4, 0.5) is 0 Å². The van der Waals surface area contributed by atoms with Gasteiger partial charge >= 0.3 is 0 Å². The van der Waals surface area contributed by atoms with Crippen LogP contribution in [0.2, 0.25) is 0 Å². The number of amidine groups is 1. The lowest BCUT2D eigenvalue weighted by Crippen LogP contribution is -2.24. The van der Waals surface area contributed by atoms with Crippen molar-refractivity contribution in [1.29, 1.82) is 0 Å². The molecular weight excluding hydrogens is 184 g/mol. The van der Waals surface area contributed by atoms with Gasteiger partial charge in [0.2, 0.25) is 0 Å². The lowest BCUT2D eigenvalue weighted by molar-refractivity contribution is 0.0829. The molecule has 2 atom stereocenters. The minimum absolute atomic E-state index is 0.232. The summed E-state index contributed by atoms with van der Waals surface area (Å²) < 4.78 is 5.38. The molecule has 4 heteroatoms. The van der Waals surface area contributed by atoms with Gasteiger partial charge in [-0.25, -0.2) is 0 Å². The number of ether oxygens (including phenoxy) is 1. The number of thioether (sulfide) groups is 1. The van der Waals surface area contributed by atoms with Crippen molar-refractivity contribution in [2.45, 2.75) is 32.9 Å². The van der Waals surface area contributed by atoms with Crippen LogP contribution in [0.25, 0.3) is 0 Å². The maximum atomic E-state index is 5.38. The summed E-state index contributed by atoms with van der Waals surface area (Å²) in [7, 11) is 0. The average Bonchev–Trinajstić information content (AvgIpc) is 2.49. The second-order valence-corrected chi connectivity index (χ2v) is 4.28. The fraction of sp³-hybridized carbons (Fsp3) is 0.889. The molecule has 0 aliphatic carbocycles. The van der Waals surface area contributed by atoms with E-state index in [1.165, 1.54) is 0 Å². The zero-order chi connectivity index (χ0) is 9.68. The van der Waals surface area contributed by atoms with Crippen molar-refractivity contribution in [3.05, 3.63) is 0 Å². The molecule has 0 radical (unpaired) electrons. The molecule has 1 heterocycles. The fourth-order valence-corrected chi connectivity index (χ4v) is 2.08. The van der Waals surface area contributed by atoms with E-state index in [1.54, 1.807) is 11.8 Å². The molecule has 1 N–H and O–H groups in total. The molecule has 0 amide bonds. The van der Waals surface area contributed by atoms with Crippen molar-refractivity contribution in [3.63, 3.8) is 0 Å². The summed E-state index contributed by atoms with van der Waals surface area (Å²) in [4.78, 5) is 4.44. The third-order valence-electron chi connectivity index (χ3n) is 1.78. The highest BCUT2D eigenvalue weighted by Crippen LogP contribution is 2.12. The monoisotopic (exact) mass is 202 g/mol. The van der Waals surface area contributed by atoms with Crippen molar-refractivity contribution in [3.8, 4) is 0 Å². The van der Waals surface area contributed by atoms with Crippen molar-refractivity contribution in [1.82, 2.24) is 5.32 Å². The zero-order valence-electron chi connectivity index (χ0n) is 8.54.